The molecule has 0 spiro atoms. The molecule has 0 radical (unpaired) electrons. The zero-order valence-corrected chi connectivity index (χ0v) is 16.2. The Morgan fingerprint density at radius 3 is 2.54 bits per heavy atom. The van der Waals surface area contributed by atoms with E-state index in [1.807, 2.05) is 12.1 Å². The number of thioether (sulfide) groups is 1. The predicted octanol–water partition coefficient (Wildman–Crippen LogP) is 2.23. The largest absolute Gasteiger partial charge is 0.493 e. The van der Waals surface area contributed by atoms with Gasteiger partial charge in [0, 0.05) is 30.4 Å². The van der Waals surface area contributed by atoms with Crippen LogP contribution in [0.25, 0.3) is 6.08 Å². The summed E-state index contributed by atoms with van der Waals surface area (Å²) >= 11 is 0.899. The lowest BCUT2D eigenvalue weighted by Gasteiger charge is -2.23. The fourth-order valence-electron chi connectivity index (χ4n) is 3.08. The molecule has 0 saturated carbocycles. The van der Waals surface area contributed by atoms with Crippen LogP contribution in [0.2, 0.25) is 0 Å². The van der Waals surface area contributed by atoms with Gasteiger partial charge in [0.15, 0.2) is 11.5 Å². The molecule has 142 valence electrons. The van der Waals surface area contributed by atoms with Crippen molar-refractivity contribution < 1.29 is 19.1 Å². The molecule has 1 unspecified atom stereocenters. The first-order valence-electron chi connectivity index (χ1n) is 8.01. The molecule has 3 N–H and O–H groups in total. The summed E-state index contributed by atoms with van der Waals surface area (Å²) in [5, 5.41) is 1.92. The van der Waals surface area contributed by atoms with E-state index in [-0.39, 0.29) is 23.6 Å². The summed E-state index contributed by atoms with van der Waals surface area (Å²) in [6.45, 7) is 2.37. The summed E-state index contributed by atoms with van der Waals surface area (Å²) < 4.78 is 10.8. The topological polar surface area (TPSA) is 93.9 Å². The Bertz CT molecular complexity index is 741. The van der Waals surface area contributed by atoms with E-state index < -0.39 is 0 Å². The number of halogens is 1. The molecule has 2 fully saturated rings. The zero-order valence-electron chi connectivity index (χ0n) is 14.6. The van der Waals surface area contributed by atoms with Crippen molar-refractivity contribution in [2.24, 2.45) is 11.7 Å². The van der Waals surface area contributed by atoms with E-state index in [9.17, 15) is 9.59 Å². The molecular formula is C17H22ClN3O4S. The first-order valence-corrected chi connectivity index (χ1v) is 8.83. The van der Waals surface area contributed by atoms with Crippen LogP contribution in [-0.2, 0) is 4.79 Å². The Balaban J connectivity index is 0.00000243. The van der Waals surface area contributed by atoms with Crippen LogP contribution in [0, 0.1) is 5.92 Å². The number of methoxy groups -OCH3 is 2. The highest BCUT2D eigenvalue weighted by atomic mass is 35.5. The highest BCUT2D eigenvalue weighted by Crippen LogP contribution is 2.39. The average Bonchev–Trinajstić information content (AvgIpc) is 3.20. The van der Waals surface area contributed by atoms with Crippen LogP contribution in [0.3, 0.4) is 0 Å². The number of imide groups is 1. The van der Waals surface area contributed by atoms with Crippen LogP contribution >= 0.6 is 24.2 Å². The number of amides is 2. The Kier molecular flexibility index (Phi) is 6.80. The number of carbonyl (C=O) groups is 2. The molecule has 2 amide bonds. The molecule has 3 rings (SSSR count). The van der Waals surface area contributed by atoms with Gasteiger partial charge < -0.3 is 20.1 Å². The summed E-state index contributed by atoms with van der Waals surface area (Å²) in [6.07, 6.45) is 2.74. The Labute approximate surface area is 162 Å². The third kappa shape index (κ3) is 4.08. The third-order valence-corrected chi connectivity index (χ3v) is 5.23. The van der Waals surface area contributed by atoms with Gasteiger partial charge in [-0.2, -0.15) is 0 Å². The van der Waals surface area contributed by atoms with Gasteiger partial charge in [-0.05, 0) is 42.8 Å². The number of ether oxygens (including phenoxy) is 2. The van der Waals surface area contributed by atoms with Gasteiger partial charge >= 0.3 is 0 Å². The Morgan fingerprint density at radius 1 is 1.31 bits per heavy atom. The van der Waals surface area contributed by atoms with Gasteiger partial charge in [0.1, 0.15) is 0 Å². The smallest absolute Gasteiger partial charge is 0.290 e. The first-order chi connectivity index (χ1) is 12.0. The van der Waals surface area contributed by atoms with Crippen molar-refractivity contribution in [2.45, 2.75) is 6.42 Å². The van der Waals surface area contributed by atoms with Crippen LogP contribution in [0.1, 0.15) is 12.0 Å². The molecule has 9 heteroatoms. The van der Waals surface area contributed by atoms with Gasteiger partial charge in [0.2, 0.25) is 0 Å². The van der Waals surface area contributed by atoms with Crippen LogP contribution in [0.5, 0.6) is 11.5 Å². The maximum atomic E-state index is 11.9. The number of hydrogen-bond acceptors (Lipinski definition) is 7. The molecule has 0 bridgehead atoms. The molecule has 2 aliphatic rings. The van der Waals surface area contributed by atoms with E-state index in [2.05, 4.69) is 10.2 Å². The van der Waals surface area contributed by atoms with E-state index in [1.54, 1.807) is 20.3 Å². The van der Waals surface area contributed by atoms with Gasteiger partial charge in [0.05, 0.1) is 19.1 Å². The maximum Gasteiger partial charge on any atom is 0.290 e. The SMILES string of the molecule is COc1cc(/C=C2\SC(=O)NC2=O)c(N2CCC(CN)C2)cc1OC.Cl. The Morgan fingerprint density at radius 2 is 2.00 bits per heavy atom. The number of benzene rings is 1. The quantitative estimate of drug-likeness (QED) is 0.733. The fourth-order valence-corrected chi connectivity index (χ4v) is 3.75. The fraction of sp³-hybridized carbons (Fsp3) is 0.412. The zero-order chi connectivity index (χ0) is 18.0. The number of nitrogens with zero attached hydrogens (tertiary/aromatic N) is 1. The van der Waals surface area contributed by atoms with E-state index in [0.29, 0.717) is 28.9 Å². The van der Waals surface area contributed by atoms with Crippen molar-refractivity contribution in [1.82, 2.24) is 5.32 Å². The lowest BCUT2D eigenvalue weighted by Crippen LogP contribution is -2.23. The molecule has 1 aromatic carbocycles. The average molecular weight is 400 g/mol. The third-order valence-electron chi connectivity index (χ3n) is 4.42. The van der Waals surface area contributed by atoms with E-state index in [0.717, 1.165) is 42.5 Å². The normalized spacial score (nSPS) is 21.0. The molecule has 1 aromatic rings. The van der Waals surface area contributed by atoms with Gasteiger partial charge in [0.25, 0.3) is 11.1 Å². The molecule has 0 aromatic heterocycles. The summed E-state index contributed by atoms with van der Waals surface area (Å²) in [7, 11) is 3.15. The minimum Gasteiger partial charge on any atom is -0.493 e. The van der Waals surface area contributed by atoms with Crippen molar-refractivity contribution in [3.63, 3.8) is 0 Å². The van der Waals surface area contributed by atoms with E-state index in [4.69, 9.17) is 15.2 Å². The molecule has 0 aliphatic carbocycles. The molecule has 2 aliphatic heterocycles. The molecular weight excluding hydrogens is 378 g/mol. The number of anilines is 1. The molecule has 1 atom stereocenters. The van der Waals surface area contributed by atoms with Crippen LogP contribution < -0.4 is 25.4 Å². The van der Waals surface area contributed by atoms with Crippen LogP contribution in [0.4, 0.5) is 10.5 Å². The Hall–Kier alpha value is -1.90. The lowest BCUT2D eigenvalue weighted by molar-refractivity contribution is -0.115. The monoisotopic (exact) mass is 399 g/mol. The van der Waals surface area contributed by atoms with Gasteiger partial charge in [-0.15, -0.1) is 12.4 Å². The summed E-state index contributed by atoms with van der Waals surface area (Å²) in [6, 6.07) is 3.73. The van der Waals surface area contributed by atoms with Crippen molar-refractivity contribution in [1.29, 1.82) is 0 Å². The minimum atomic E-state index is -0.378. The highest BCUT2D eigenvalue weighted by molar-refractivity contribution is 8.18. The van der Waals surface area contributed by atoms with Crippen molar-refractivity contribution in [3.05, 3.63) is 22.6 Å². The first kappa shape index (κ1) is 20.4. The van der Waals surface area contributed by atoms with Crippen molar-refractivity contribution >= 4 is 47.1 Å². The molecule has 7 nitrogen and oxygen atoms in total. The summed E-state index contributed by atoms with van der Waals surface area (Å²) in [4.78, 5) is 25.9. The van der Waals surface area contributed by atoms with Gasteiger partial charge in [-0.25, -0.2) is 0 Å². The number of rotatable bonds is 5. The second-order valence-corrected chi connectivity index (χ2v) is 6.97. The second kappa shape index (κ2) is 8.66. The predicted molar refractivity (Wildman–Crippen MR) is 105 cm³/mol. The number of hydrogen-bond donors (Lipinski definition) is 2. The maximum absolute atomic E-state index is 11.9. The minimum absolute atomic E-state index is 0. The molecule has 2 heterocycles. The van der Waals surface area contributed by atoms with E-state index in [1.165, 1.54) is 0 Å². The number of carbonyl (C=O) groups excluding carboxylic acids is 2. The lowest BCUT2D eigenvalue weighted by atomic mass is 10.1. The van der Waals surface area contributed by atoms with Gasteiger partial charge in [-0.1, -0.05) is 0 Å². The van der Waals surface area contributed by atoms with Gasteiger partial charge in [-0.3, -0.25) is 14.9 Å². The second-order valence-electron chi connectivity index (χ2n) is 5.95. The summed E-state index contributed by atoms with van der Waals surface area (Å²) in [5.41, 5.74) is 7.55. The van der Waals surface area contributed by atoms with Crippen LogP contribution in [0.15, 0.2) is 17.0 Å². The van der Waals surface area contributed by atoms with Crippen molar-refractivity contribution in [2.75, 3.05) is 38.8 Å². The number of nitrogens with two attached hydrogens (primary N) is 1. The summed E-state index contributed by atoms with van der Waals surface area (Å²) in [5.74, 6) is 1.26. The van der Waals surface area contributed by atoms with Crippen LogP contribution in [-0.4, -0.2) is 45.0 Å². The molecule has 26 heavy (non-hydrogen) atoms. The highest BCUT2D eigenvalue weighted by Gasteiger charge is 2.28. The standard InChI is InChI=1S/C17H21N3O4S.ClH/c1-23-13-5-11(6-15-16(21)19-17(22)25-15)12(7-14(13)24-2)20-4-3-10(8-18)9-20;/h5-7,10H,3-4,8-9,18H2,1-2H3,(H,19,21,22);1H/b15-6-;. The molecule has 2 saturated heterocycles. The van der Waals surface area contributed by atoms with Crippen molar-refractivity contribution in [3.8, 4) is 11.5 Å². The van der Waals surface area contributed by atoms with E-state index >= 15 is 0 Å². The number of nitrogens with one attached hydrogen (secondary N) is 1.